The van der Waals surface area contributed by atoms with Crippen LogP contribution in [0.3, 0.4) is 0 Å². The maximum absolute atomic E-state index is 3.79. The highest BCUT2D eigenvalue weighted by Crippen LogP contribution is 2.36. The van der Waals surface area contributed by atoms with Gasteiger partial charge in [-0.1, -0.05) is 33.3 Å². The van der Waals surface area contributed by atoms with E-state index in [1.165, 1.54) is 48.0 Å². The van der Waals surface area contributed by atoms with Gasteiger partial charge in [0.1, 0.15) is 0 Å². The van der Waals surface area contributed by atoms with Gasteiger partial charge in [-0.25, -0.2) is 0 Å². The average molecular weight is 353 g/mol. The van der Waals surface area contributed by atoms with Gasteiger partial charge in [0.2, 0.25) is 0 Å². The number of benzene rings is 1. The van der Waals surface area contributed by atoms with E-state index in [4.69, 9.17) is 0 Å². The minimum atomic E-state index is 0.701. The standard InChI is InChI=1S/C18H29BrN2/c1-4-5-10-21(16-7-8-16)18-9-6-15(11-17(18)19)13-20-12-14(2)3/h6,9,11,14,16,20H,4-5,7-8,10,12-13H2,1-3H3. The first kappa shape index (κ1) is 16.8. The predicted molar refractivity (Wildman–Crippen MR) is 96.0 cm³/mol. The Labute approximate surface area is 138 Å². The Morgan fingerprint density at radius 2 is 2.10 bits per heavy atom. The van der Waals surface area contributed by atoms with Crippen molar-refractivity contribution < 1.29 is 0 Å². The van der Waals surface area contributed by atoms with E-state index in [1.807, 2.05) is 0 Å². The lowest BCUT2D eigenvalue weighted by molar-refractivity contribution is 0.552. The zero-order chi connectivity index (χ0) is 15.2. The van der Waals surface area contributed by atoms with Crippen molar-refractivity contribution in [3.63, 3.8) is 0 Å². The molecule has 1 N–H and O–H groups in total. The lowest BCUT2D eigenvalue weighted by atomic mass is 10.1. The third-order valence-corrected chi connectivity index (χ3v) is 4.58. The van der Waals surface area contributed by atoms with Crippen LogP contribution < -0.4 is 10.2 Å². The van der Waals surface area contributed by atoms with Crippen LogP contribution >= 0.6 is 15.9 Å². The second-order valence-corrected chi connectivity index (χ2v) is 7.44. The van der Waals surface area contributed by atoms with E-state index in [9.17, 15) is 0 Å². The minimum absolute atomic E-state index is 0.701. The number of anilines is 1. The van der Waals surface area contributed by atoms with E-state index < -0.39 is 0 Å². The zero-order valence-corrected chi connectivity index (χ0v) is 15.2. The second kappa shape index (κ2) is 8.19. The Hall–Kier alpha value is -0.540. The molecule has 0 atom stereocenters. The first-order valence-corrected chi connectivity index (χ1v) is 9.17. The number of nitrogens with one attached hydrogen (secondary N) is 1. The first-order valence-electron chi connectivity index (χ1n) is 8.37. The Balaban J connectivity index is 1.99. The molecular weight excluding hydrogens is 324 g/mol. The fraction of sp³-hybridized carbons (Fsp3) is 0.667. The highest BCUT2D eigenvalue weighted by Gasteiger charge is 2.29. The maximum atomic E-state index is 3.79. The summed E-state index contributed by atoms with van der Waals surface area (Å²) in [7, 11) is 0. The largest absolute Gasteiger partial charge is 0.368 e. The van der Waals surface area contributed by atoms with Gasteiger partial charge in [0.25, 0.3) is 0 Å². The quantitative estimate of drug-likeness (QED) is 0.675. The van der Waals surface area contributed by atoms with Crippen molar-refractivity contribution >= 4 is 21.6 Å². The number of unbranched alkanes of at least 4 members (excludes halogenated alkanes) is 1. The summed E-state index contributed by atoms with van der Waals surface area (Å²) >= 11 is 3.79. The van der Waals surface area contributed by atoms with Crippen molar-refractivity contribution in [2.45, 2.75) is 59.0 Å². The SMILES string of the molecule is CCCCN(c1ccc(CNCC(C)C)cc1Br)C1CC1. The molecular formula is C18H29BrN2. The molecule has 2 nitrogen and oxygen atoms in total. The summed E-state index contributed by atoms with van der Waals surface area (Å²) < 4.78 is 1.24. The molecule has 0 unspecified atom stereocenters. The van der Waals surface area contributed by atoms with Crippen LogP contribution in [0.2, 0.25) is 0 Å². The molecule has 21 heavy (non-hydrogen) atoms. The molecule has 0 radical (unpaired) electrons. The molecule has 1 aromatic rings. The molecule has 0 aromatic heterocycles. The van der Waals surface area contributed by atoms with Crippen molar-refractivity contribution in [2.24, 2.45) is 5.92 Å². The molecule has 1 aromatic carbocycles. The van der Waals surface area contributed by atoms with Crippen LogP contribution in [0.5, 0.6) is 0 Å². The van der Waals surface area contributed by atoms with E-state index in [0.29, 0.717) is 5.92 Å². The lowest BCUT2D eigenvalue weighted by Gasteiger charge is -2.26. The molecule has 0 saturated heterocycles. The topological polar surface area (TPSA) is 15.3 Å². The van der Waals surface area contributed by atoms with E-state index in [1.54, 1.807) is 0 Å². The van der Waals surface area contributed by atoms with Gasteiger partial charge in [0, 0.05) is 23.6 Å². The number of rotatable bonds is 9. The summed E-state index contributed by atoms with van der Waals surface area (Å²) in [6.07, 6.45) is 5.25. The highest BCUT2D eigenvalue weighted by molar-refractivity contribution is 9.10. The van der Waals surface area contributed by atoms with Gasteiger partial charge >= 0.3 is 0 Å². The second-order valence-electron chi connectivity index (χ2n) is 6.59. The van der Waals surface area contributed by atoms with Crippen molar-refractivity contribution in [3.8, 4) is 0 Å². The smallest absolute Gasteiger partial charge is 0.0513 e. The van der Waals surface area contributed by atoms with E-state index >= 15 is 0 Å². The van der Waals surface area contributed by atoms with Crippen LogP contribution in [0.25, 0.3) is 0 Å². The molecule has 0 spiro atoms. The fourth-order valence-electron chi connectivity index (χ4n) is 2.61. The normalized spacial score (nSPS) is 14.7. The Morgan fingerprint density at radius 1 is 1.33 bits per heavy atom. The van der Waals surface area contributed by atoms with Gasteiger partial charge in [-0.05, 0) is 65.4 Å². The predicted octanol–water partition coefficient (Wildman–Crippen LogP) is 4.96. The highest BCUT2D eigenvalue weighted by atomic mass is 79.9. The molecule has 118 valence electrons. The van der Waals surface area contributed by atoms with Crippen LogP contribution in [0.4, 0.5) is 5.69 Å². The van der Waals surface area contributed by atoms with Crippen LogP contribution in [0.1, 0.15) is 52.0 Å². The summed E-state index contributed by atoms with van der Waals surface area (Å²) in [6, 6.07) is 7.63. The van der Waals surface area contributed by atoms with Crippen molar-refractivity contribution in [3.05, 3.63) is 28.2 Å². The van der Waals surface area contributed by atoms with Crippen LogP contribution in [0, 0.1) is 5.92 Å². The molecule has 1 aliphatic rings. The first-order chi connectivity index (χ1) is 10.1. The maximum Gasteiger partial charge on any atom is 0.0513 e. The lowest BCUT2D eigenvalue weighted by Crippen LogP contribution is -2.27. The Morgan fingerprint density at radius 3 is 2.67 bits per heavy atom. The molecule has 1 saturated carbocycles. The number of hydrogen-bond donors (Lipinski definition) is 1. The Bertz CT molecular complexity index is 441. The molecule has 2 rings (SSSR count). The van der Waals surface area contributed by atoms with E-state index in [0.717, 1.165) is 19.1 Å². The van der Waals surface area contributed by atoms with Gasteiger partial charge in [-0.15, -0.1) is 0 Å². The van der Waals surface area contributed by atoms with Crippen molar-refractivity contribution in [2.75, 3.05) is 18.0 Å². The zero-order valence-electron chi connectivity index (χ0n) is 13.7. The summed E-state index contributed by atoms with van der Waals surface area (Å²) in [4.78, 5) is 2.60. The fourth-order valence-corrected chi connectivity index (χ4v) is 3.27. The summed E-state index contributed by atoms with van der Waals surface area (Å²) in [6.45, 7) is 9.97. The third kappa shape index (κ3) is 5.30. The van der Waals surface area contributed by atoms with Crippen LogP contribution in [0.15, 0.2) is 22.7 Å². The Kier molecular flexibility index (Phi) is 6.56. The van der Waals surface area contributed by atoms with E-state index in [-0.39, 0.29) is 0 Å². The summed E-state index contributed by atoms with van der Waals surface area (Å²) in [5, 5.41) is 3.51. The molecule has 0 aliphatic heterocycles. The van der Waals surface area contributed by atoms with E-state index in [2.05, 4.69) is 65.1 Å². The summed E-state index contributed by atoms with van der Waals surface area (Å²) in [5.74, 6) is 0.701. The van der Waals surface area contributed by atoms with Gasteiger partial charge in [0.05, 0.1) is 5.69 Å². The number of nitrogens with zero attached hydrogens (tertiary/aromatic N) is 1. The monoisotopic (exact) mass is 352 g/mol. The van der Waals surface area contributed by atoms with Gasteiger partial charge in [0.15, 0.2) is 0 Å². The van der Waals surface area contributed by atoms with Crippen LogP contribution in [-0.4, -0.2) is 19.1 Å². The number of halogens is 1. The van der Waals surface area contributed by atoms with Crippen LogP contribution in [-0.2, 0) is 6.54 Å². The minimum Gasteiger partial charge on any atom is -0.368 e. The molecule has 3 heteroatoms. The van der Waals surface area contributed by atoms with Crippen molar-refractivity contribution in [1.29, 1.82) is 0 Å². The van der Waals surface area contributed by atoms with Crippen molar-refractivity contribution in [1.82, 2.24) is 5.32 Å². The molecule has 0 amide bonds. The third-order valence-electron chi connectivity index (χ3n) is 3.94. The molecule has 0 bridgehead atoms. The molecule has 0 heterocycles. The number of hydrogen-bond acceptors (Lipinski definition) is 2. The van der Waals surface area contributed by atoms with Gasteiger partial charge < -0.3 is 10.2 Å². The average Bonchev–Trinajstić information content (AvgIpc) is 3.25. The van der Waals surface area contributed by atoms with Gasteiger partial charge in [-0.3, -0.25) is 0 Å². The van der Waals surface area contributed by atoms with Gasteiger partial charge in [-0.2, -0.15) is 0 Å². The molecule has 1 aliphatic carbocycles. The summed E-state index contributed by atoms with van der Waals surface area (Å²) in [5.41, 5.74) is 2.73. The molecule has 1 fully saturated rings.